The predicted octanol–water partition coefficient (Wildman–Crippen LogP) is 4.94. The third kappa shape index (κ3) is 4.27. The van der Waals surface area contributed by atoms with Gasteiger partial charge in [0.1, 0.15) is 23.8 Å². The molecule has 1 aromatic carbocycles. The fourth-order valence-electron chi connectivity index (χ4n) is 3.40. The molecular weight excluding hydrogens is 465 g/mol. The fourth-order valence-corrected chi connectivity index (χ4v) is 4.23. The number of aromatic nitrogens is 2. The highest BCUT2D eigenvalue weighted by Gasteiger charge is 2.27. The van der Waals surface area contributed by atoms with Crippen LogP contribution in [-0.4, -0.2) is 26.7 Å². The minimum absolute atomic E-state index is 0.420. The van der Waals surface area contributed by atoms with Gasteiger partial charge in [0.2, 0.25) is 0 Å². The molecule has 144 valence electrons. The summed E-state index contributed by atoms with van der Waals surface area (Å²) < 4.78 is 12.0. The van der Waals surface area contributed by atoms with Gasteiger partial charge in [-0.2, -0.15) is 0 Å². The fraction of sp³-hybridized carbons (Fsp3) is 0.318. The molecule has 5 nitrogen and oxygen atoms in total. The summed E-state index contributed by atoms with van der Waals surface area (Å²) in [6.45, 7) is 2.47. The first-order valence-electron chi connectivity index (χ1n) is 9.34. The molecule has 2 heterocycles. The van der Waals surface area contributed by atoms with E-state index in [1.807, 2.05) is 37.3 Å². The van der Waals surface area contributed by atoms with Crippen molar-refractivity contribution in [3.8, 4) is 5.75 Å². The molecular formula is C22H22IN3O2. The van der Waals surface area contributed by atoms with Crippen LogP contribution in [0.5, 0.6) is 5.75 Å². The number of methoxy groups -OCH3 is 1. The van der Waals surface area contributed by atoms with Crippen molar-refractivity contribution in [2.45, 2.75) is 36.7 Å². The molecule has 4 rings (SSSR count). The third-order valence-corrected chi connectivity index (χ3v) is 5.61. The molecule has 1 unspecified atom stereocenters. The highest BCUT2D eigenvalue weighted by molar-refractivity contribution is 14.1. The lowest BCUT2D eigenvalue weighted by Crippen LogP contribution is -2.18. The van der Waals surface area contributed by atoms with Crippen molar-refractivity contribution in [1.29, 1.82) is 0 Å². The zero-order chi connectivity index (χ0) is 19.5. The SMILES string of the molecule is COc1cccc(COC2=C3N=C(c4nccc(C)n4)CCC3=CC(I)C2)c1. The zero-order valence-electron chi connectivity index (χ0n) is 16.0. The van der Waals surface area contributed by atoms with E-state index in [1.165, 1.54) is 5.57 Å². The van der Waals surface area contributed by atoms with Gasteiger partial charge in [-0.25, -0.2) is 15.0 Å². The Hall–Kier alpha value is -2.22. The Morgan fingerprint density at radius 2 is 2.11 bits per heavy atom. The standard InChI is InChI=1S/C22H22IN3O2/c1-14-8-9-24-22(25-14)19-7-6-16-11-17(23)12-20(21(16)26-19)28-13-15-4-3-5-18(10-15)27-2/h3-5,8-11,17H,6-7,12-13H2,1-2H3. The van der Waals surface area contributed by atoms with Gasteiger partial charge in [0.25, 0.3) is 0 Å². The molecule has 0 amide bonds. The van der Waals surface area contributed by atoms with Gasteiger partial charge in [-0.1, -0.05) is 40.8 Å². The average Bonchev–Trinajstić information content (AvgIpc) is 2.71. The Morgan fingerprint density at radius 3 is 2.93 bits per heavy atom. The number of rotatable bonds is 5. The molecule has 28 heavy (non-hydrogen) atoms. The second kappa shape index (κ2) is 8.43. The van der Waals surface area contributed by atoms with Crippen LogP contribution >= 0.6 is 22.6 Å². The van der Waals surface area contributed by atoms with E-state index in [0.717, 1.165) is 59.3 Å². The van der Waals surface area contributed by atoms with E-state index in [9.17, 15) is 0 Å². The Labute approximate surface area is 178 Å². The molecule has 0 saturated heterocycles. The number of fused-ring (bicyclic) bond motifs is 1. The topological polar surface area (TPSA) is 56.6 Å². The smallest absolute Gasteiger partial charge is 0.174 e. The highest BCUT2D eigenvalue weighted by atomic mass is 127. The van der Waals surface area contributed by atoms with Gasteiger partial charge in [-0.15, -0.1) is 0 Å². The maximum atomic E-state index is 6.25. The second-order valence-electron chi connectivity index (χ2n) is 6.90. The Bertz CT molecular complexity index is 981. The number of halogens is 1. The monoisotopic (exact) mass is 487 g/mol. The largest absolute Gasteiger partial charge is 0.497 e. The first kappa shape index (κ1) is 19.1. The maximum absolute atomic E-state index is 6.25. The second-order valence-corrected chi connectivity index (χ2v) is 8.50. The molecule has 0 radical (unpaired) electrons. The summed E-state index contributed by atoms with van der Waals surface area (Å²) in [4.78, 5) is 13.9. The molecule has 0 bridgehead atoms. The summed E-state index contributed by atoms with van der Waals surface area (Å²) in [7, 11) is 1.68. The average molecular weight is 487 g/mol. The van der Waals surface area contributed by atoms with E-state index in [1.54, 1.807) is 13.3 Å². The lowest BCUT2D eigenvalue weighted by atomic mass is 9.93. The van der Waals surface area contributed by atoms with E-state index in [-0.39, 0.29) is 0 Å². The van der Waals surface area contributed by atoms with E-state index >= 15 is 0 Å². The van der Waals surface area contributed by atoms with E-state index in [0.29, 0.717) is 10.5 Å². The van der Waals surface area contributed by atoms with Crippen LogP contribution < -0.4 is 4.74 Å². The van der Waals surface area contributed by atoms with Gasteiger partial charge in [0, 0.05) is 22.2 Å². The quantitative estimate of drug-likeness (QED) is 0.443. The van der Waals surface area contributed by atoms with Crippen molar-refractivity contribution >= 4 is 28.3 Å². The van der Waals surface area contributed by atoms with Crippen molar-refractivity contribution in [1.82, 2.24) is 9.97 Å². The van der Waals surface area contributed by atoms with Gasteiger partial charge in [0.15, 0.2) is 5.82 Å². The Kier molecular flexibility index (Phi) is 5.75. The van der Waals surface area contributed by atoms with Crippen molar-refractivity contribution in [3.05, 3.63) is 76.7 Å². The van der Waals surface area contributed by atoms with Crippen LogP contribution in [0.4, 0.5) is 0 Å². The number of aliphatic imine (C=N–C) groups is 1. The van der Waals surface area contributed by atoms with Crippen LogP contribution in [0.15, 0.2) is 64.6 Å². The molecule has 0 saturated carbocycles. The third-order valence-electron chi connectivity index (χ3n) is 4.81. The lowest BCUT2D eigenvalue weighted by molar-refractivity contribution is 0.185. The molecule has 1 aliphatic heterocycles. The first-order valence-corrected chi connectivity index (χ1v) is 10.6. The highest BCUT2D eigenvalue weighted by Crippen LogP contribution is 2.37. The van der Waals surface area contributed by atoms with Crippen LogP contribution in [0, 0.1) is 6.92 Å². The van der Waals surface area contributed by atoms with Gasteiger partial charge >= 0.3 is 0 Å². The summed E-state index contributed by atoms with van der Waals surface area (Å²) >= 11 is 2.46. The van der Waals surface area contributed by atoms with E-state index in [2.05, 4.69) is 38.6 Å². The zero-order valence-corrected chi connectivity index (χ0v) is 18.1. The number of benzene rings is 1. The summed E-state index contributed by atoms with van der Waals surface area (Å²) in [6, 6.07) is 9.87. The molecule has 2 aliphatic rings. The number of hydrogen-bond acceptors (Lipinski definition) is 5. The summed E-state index contributed by atoms with van der Waals surface area (Å²) in [5, 5.41) is 0. The van der Waals surface area contributed by atoms with Crippen LogP contribution in [0.1, 0.15) is 36.3 Å². The first-order chi connectivity index (χ1) is 13.6. The van der Waals surface area contributed by atoms with Crippen molar-refractivity contribution in [3.63, 3.8) is 0 Å². The van der Waals surface area contributed by atoms with Crippen molar-refractivity contribution < 1.29 is 9.47 Å². The number of aryl methyl sites for hydroxylation is 1. The molecule has 0 spiro atoms. The molecule has 6 heteroatoms. The molecule has 1 aromatic heterocycles. The number of allylic oxidation sites excluding steroid dienone is 3. The van der Waals surface area contributed by atoms with Gasteiger partial charge in [-0.05, 0) is 49.1 Å². The number of hydrogen-bond donors (Lipinski definition) is 0. The lowest BCUT2D eigenvalue weighted by Gasteiger charge is -2.26. The summed E-state index contributed by atoms with van der Waals surface area (Å²) in [5.74, 6) is 2.50. The van der Waals surface area contributed by atoms with Crippen LogP contribution in [-0.2, 0) is 11.3 Å². The number of nitrogens with zero attached hydrogens (tertiary/aromatic N) is 3. The molecule has 1 atom stereocenters. The van der Waals surface area contributed by atoms with E-state index in [4.69, 9.17) is 14.5 Å². The maximum Gasteiger partial charge on any atom is 0.174 e. The van der Waals surface area contributed by atoms with Crippen LogP contribution in [0.2, 0.25) is 0 Å². The number of alkyl halides is 1. The summed E-state index contributed by atoms with van der Waals surface area (Å²) in [6.07, 6.45) is 6.74. The Morgan fingerprint density at radius 1 is 1.21 bits per heavy atom. The predicted molar refractivity (Wildman–Crippen MR) is 118 cm³/mol. The van der Waals surface area contributed by atoms with Crippen molar-refractivity contribution in [2.75, 3.05) is 7.11 Å². The van der Waals surface area contributed by atoms with Gasteiger partial charge in [-0.3, -0.25) is 0 Å². The minimum Gasteiger partial charge on any atom is -0.497 e. The molecule has 0 fully saturated rings. The van der Waals surface area contributed by atoms with Crippen LogP contribution in [0.25, 0.3) is 0 Å². The number of ether oxygens (including phenoxy) is 2. The minimum atomic E-state index is 0.420. The molecule has 0 N–H and O–H groups in total. The normalized spacial score (nSPS) is 18.9. The molecule has 2 aromatic rings. The summed E-state index contributed by atoms with van der Waals surface area (Å²) in [5.41, 5.74) is 5.19. The molecule has 1 aliphatic carbocycles. The van der Waals surface area contributed by atoms with E-state index < -0.39 is 0 Å². The van der Waals surface area contributed by atoms with Gasteiger partial charge < -0.3 is 9.47 Å². The van der Waals surface area contributed by atoms with Crippen LogP contribution in [0.3, 0.4) is 0 Å². The van der Waals surface area contributed by atoms with Crippen molar-refractivity contribution in [2.24, 2.45) is 4.99 Å². The Balaban J connectivity index is 1.63. The van der Waals surface area contributed by atoms with Gasteiger partial charge in [0.05, 0.1) is 12.8 Å².